The molecule has 0 aliphatic carbocycles. The van der Waals surface area contributed by atoms with Gasteiger partial charge in [0.1, 0.15) is 34.2 Å². The molecule has 4 aliphatic rings. The number of nitrogens with zero attached hydrogens (tertiary/aromatic N) is 20. The summed E-state index contributed by atoms with van der Waals surface area (Å²) in [6.45, 7) is 25.1. The van der Waals surface area contributed by atoms with Crippen LogP contribution in [0.1, 0.15) is 84.4 Å². The number of hydrogen-bond donors (Lipinski definition) is 4. The van der Waals surface area contributed by atoms with E-state index in [2.05, 4.69) is 101 Å². The molecule has 4 N–H and O–H groups in total. The normalized spacial score (nSPS) is 15.5. The number of fused-ring (bicyclic) bond motifs is 8. The number of aryl methyl sites for hydroxylation is 5. The van der Waals surface area contributed by atoms with Crippen LogP contribution in [0.3, 0.4) is 0 Å². The highest BCUT2D eigenvalue weighted by molar-refractivity contribution is 5.83. The SMILES string of the molecule is CCN1CCN(c2ccc3nc(-c4ccc5nc(C)[nH]c5c4)cc(=O)n3c2)CC1.Cc1cn2cc(-c3cc(=O)n4nc(C5CCNCC5)ccc4n3)cc(C)c2n1.Cc1cn2cc(-c3cc(=O)n4nc(C5CCNCC5)ccc4n3)ccc2n1.Cc1nc2ccc(-c3cc(=O)n4cc(N5CCN(C)CC5)ccc4n3)cc2[nH]1. The molecule has 2 aromatic carbocycles. The first kappa shape index (κ1) is 72.4. The summed E-state index contributed by atoms with van der Waals surface area (Å²) in [5.74, 6) is 2.53. The average Bonchev–Trinajstić information content (AvgIpc) is 1.10. The maximum absolute atomic E-state index is 12.9. The lowest BCUT2D eigenvalue weighted by Gasteiger charge is -2.35. The summed E-state index contributed by atoms with van der Waals surface area (Å²) in [5, 5.41) is 15.9. The number of likely N-dealkylation sites (N-methyl/N-ethyl adjacent to an activating group) is 2. The Balaban J connectivity index is 0.000000108. The third-order valence-electron chi connectivity index (χ3n) is 21.7. The third-order valence-corrected chi connectivity index (χ3v) is 21.7. The molecule has 16 aromatic rings. The Morgan fingerprint density at radius 3 is 1.36 bits per heavy atom. The van der Waals surface area contributed by atoms with Crippen molar-refractivity contribution in [1.29, 1.82) is 0 Å². The molecule has 0 atom stereocenters. The van der Waals surface area contributed by atoms with Crippen LogP contribution in [0.5, 0.6) is 0 Å². The van der Waals surface area contributed by atoms with Crippen molar-refractivity contribution >= 4 is 67.3 Å². The van der Waals surface area contributed by atoms with Crippen LogP contribution in [-0.2, 0) is 0 Å². The molecule has 4 saturated heterocycles. The predicted molar refractivity (Wildman–Crippen MR) is 437 cm³/mol. The first-order valence-electron chi connectivity index (χ1n) is 38.5. The van der Waals surface area contributed by atoms with Crippen molar-refractivity contribution in [3.8, 4) is 45.0 Å². The fourth-order valence-electron chi connectivity index (χ4n) is 15.6. The molecule has 0 bridgehead atoms. The van der Waals surface area contributed by atoms with E-state index in [0.717, 1.165) is 218 Å². The third kappa shape index (κ3) is 15.2. The molecule has 568 valence electrons. The summed E-state index contributed by atoms with van der Waals surface area (Å²) >= 11 is 0. The highest BCUT2D eigenvalue weighted by Gasteiger charge is 2.23. The summed E-state index contributed by atoms with van der Waals surface area (Å²) in [5.41, 5.74) is 20.8. The Morgan fingerprint density at radius 1 is 0.393 bits per heavy atom. The molecule has 0 spiro atoms. The summed E-state index contributed by atoms with van der Waals surface area (Å²) in [6.07, 6.45) is 15.9. The smallest absolute Gasteiger partial charge is 0.275 e. The van der Waals surface area contributed by atoms with Crippen molar-refractivity contribution in [3.63, 3.8) is 0 Å². The van der Waals surface area contributed by atoms with Crippen LogP contribution in [0.4, 0.5) is 11.4 Å². The van der Waals surface area contributed by atoms with Crippen LogP contribution in [0.15, 0.2) is 184 Å². The molecule has 0 saturated carbocycles. The van der Waals surface area contributed by atoms with E-state index in [0.29, 0.717) is 57.2 Å². The van der Waals surface area contributed by atoms with E-state index in [9.17, 15) is 19.2 Å². The zero-order valence-electron chi connectivity index (χ0n) is 63.8. The fourth-order valence-corrected chi connectivity index (χ4v) is 15.6. The van der Waals surface area contributed by atoms with E-state index >= 15 is 0 Å². The molecular formula is C84H88N24O4. The Morgan fingerprint density at radius 2 is 0.830 bits per heavy atom. The minimum absolute atomic E-state index is 0.0695. The number of piperazine rings is 2. The van der Waals surface area contributed by atoms with Crippen LogP contribution in [-0.4, -0.2) is 189 Å². The number of imidazole rings is 4. The highest BCUT2D eigenvalue weighted by atomic mass is 16.1. The monoisotopic (exact) mass is 1500 g/mol. The van der Waals surface area contributed by atoms with Gasteiger partial charge >= 0.3 is 0 Å². The second-order valence-corrected chi connectivity index (χ2v) is 29.7. The molecule has 14 aromatic heterocycles. The van der Waals surface area contributed by atoms with E-state index in [1.165, 1.54) is 9.03 Å². The Kier molecular flexibility index (Phi) is 19.9. The van der Waals surface area contributed by atoms with Gasteiger partial charge in [-0.2, -0.15) is 19.2 Å². The van der Waals surface area contributed by atoms with E-state index < -0.39 is 0 Å². The van der Waals surface area contributed by atoms with Gasteiger partial charge in [-0.3, -0.25) is 28.0 Å². The number of aromatic amines is 2. The number of rotatable bonds is 9. The number of anilines is 2. The Hall–Kier alpha value is -12.5. The lowest BCUT2D eigenvalue weighted by Crippen LogP contribution is -2.46. The largest absolute Gasteiger partial charge is 0.368 e. The predicted octanol–water partition coefficient (Wildman–Crippen LogP) is 9.65. The van der Waals surface area contributed by atoms with Crippen LogP contribution >= 0.6 is 0 Å². The molecule has 18 heterocycles. The first-order chi connectivity index (χ1) is 54.4. The average molecular weight is 1500 g/mol. The van der Waals surface area contributed by atoms with E-state index in [4.69, 9.17) is 15.0 Å². The minimum atomic E-state index is -0.160. The number of pyridine rings is 4. The van der Waals surface area contributed by atoms with E-state index in [-0.39, 0.29) is 22.2 Å². The Bertz CT molecular complexity index is 6500. The molecule has 28 nitrogen and oxygen atoms in total. The summed E-state index contributed by atoms with van der Waals surface area (Å²) in [7, 11) is 2.13. The second-order valence-electron chi connectivity index (χ2n) is 29.7. The maximum Gasteiger partial charge on any atom is 0.275 e. The van der Waals surface area contributed by atoms with Crippen molar-refractivity contribution in [2.24, 2.45) is 0 Å². The molecule has 0 amide bonds. The number of piperidine rings is 2. The van der Waals surface area contributed by atoms with Gasteiger partial charge in [-0.25, -0.2) is 39.9 Å². The lowest BCUT2D eigenvalue weighted by atomic mass is 9.94. The van der Waals surface area contributed by atoms with Gasteiger partial charge in [0.05, 0.1) is 79.0 Å². The number of hydrogen-bond acceptors (Lipinski definition) is 20. The van der Waals surface area contributed by atoms with Crippen LogP contribution in [0.2, 0.25) is 0 Å². The summed E-state index contributed by atoms with van der Waals surface area (Å²) in [6, 6.07) is 39.8. The standard InChI is InChI=1S/C22H24N6O.2C21H22N6O.C20H20N6O/c1-3-26-8-10-27(11-9-26)17-5-7-21-25-19(13-22(29)28(21)14-17)16-4-6-18-20(12-16)24-15(2)23-18;1-14-22-17-5-3-15(11-19(17)23-14)18-12-21(28)27-13-16(4-6-20(27)24-18)26-9-7-25(2)8-10-26;1-13-9-16(12-26-11-14(2)23-21(13)26)18-10-20(28)27-19(24-18)4-3-17(25-27)15-5-7-22-8-6-15;1-13-11-25-12-15(2-4-18(25)22-13)17-10-20(27)26-19(23-17)5-3-16(24-26)14-6-8-21-9-7-14/h4-7,12-14H,3,8-11H2,1-2H3,(H,23,24);3-6,11-13H,7-10H2,1-2H3,(H,22,23);3-4,9-12,15,22H,5-8H2,1-2H3;2-5,10-12,14,21H,6-9H2,1H3. The zero-order chi connectivity index (χ0) is 76.8. The van der Waals surface area contributed by atoms with Gasteiger partial charge in [-0.15, -0.1) is 0 Å². The van der Waals surface area contributed by atoms with Gasteiger partial charge in [0.15, 0.2) is 11.3 Å². The zero-order valence-corrected chi connectivity index (χ0v) is 63.8. The van der Waals surface area contributed by atoms with Crippen molar-refractivity contribution in [1.82, 2.24) is 107 Å². The second kappa shape index (κ2) is 30.8. The summed E-state index contributed by atoms with van der Waals surface area (Å²) in [4.78, 5) is 104. The molecule has 20 rings (SSSR count). The molecule has 4 fully saturated rings. The molecule has 112 heavy (non-hydrogen) atoms. The van der Waals surface area contributed by atoms with Gasteiger partial charge < -0.3 is 49.0 Å². The van der Waals surface area contributed by atoms with Crippen molar-refractivity contribution in [2.75, 3.05) is 102 Å². The molecule has 4 aliphatic heterocycles. The lowest BCUT2D eigenvalue weighted by molar-refractivity contribution is 0.271. The van der Waals surface area contributed by atoms with Crippen molar-refractivity contribution in [2.45, 2.75) is 79.1 Å². The molecule has 28 heteroatoms. The number of benzene rings is 2. The van der Waals surface area contributed by atoms with Gasteiger partial charge in [-0.1, -0.05) is 19.1 Å². The number of H-pyrrole nitrogens is 2. The van der Waals surface area contributed by atoms with Gasteiger partial charge in [-0.05, 0) is 197 Å². The van der Waals surface area contributed by atoms with E-state index in [1.54, 1.807) is 33.1 Å². The van der Waals surface area contributed by atoms with Gasteiger partial charge in [0.25, 0.3) is 22.2 Å². The molecular weight excluding hydrogens is 1410 g/mol. The van der Waals surface area contributed by atoms with Crippen LogP contribution < -0.4 is 42.7 Å². The van der Waals surface area contributed by atoms with Crippen LogP contribution in [0, 0.1) is 34.6 Å². The van der Waals surface area contributed by atoms with E-state index in [1.807, 2.05) is 172 Å². The Labute approximate surface area is 643 Å². The van der Waals surface area contributed by atoms with Crippen molar-refractivity contribution < 1.29 is 0 Å². The minimum Gasteiger partial charge on any atom is -0.368 e. The molecule has 0 radical (unpaired) electrons. The maximum atomic E-state index is 12.9. The van der Waals surface area contributed by atoms with Crippen LogP contribution in [0.25, 0.3) is 101 Å². The number of nitrogens with one attached hydrogen (secondary N) is 4. The highest BCUT2D eigenvalue weighted by Crippen LogP contribution is 2.30. The first-order valence-corrected chi connectivity index (χ1v) is 38.5. The fraction of sp³-hybridized carbons (Fsp3) is 0.310. The quantitative estimate of drug-likeness (QED) is 0.105. The topological polar surface area (TPSA) is 292 Å². The summed E-state index contributed by atoms with van der Waals surface area (Å²) < 4.78 is 10.1. The van der Waals surface area contributed by atoms with Gasteiger partial charge in [0.2, 0.25) is 0 Å². The van der Waals surface area contributed by atoms with Crippen molar-refractivity contribution in [3.05, 3.63) is 246 Å². The molecule has 0 unspecified atom stereocenters. The number of aromatic nitrogens is 18. The van der Waals surface area contributed by atoms with Gasteiger partial charge in [0, 0.05) is 148 Å².